The van der Waals surface area contributed by atoms with E-state index in [-0.39, 0.29) is 24.8 Å². The van der Waals surface area contributed by atoms with Crippen LogP contribution in [0.3, 0.4) is 0 Å². The Labute approximate surface area is 149 Å². The van der Waals surface area contributed by atoms with Crippen LogP contribution in [0.25, 0.3) is 10.9 Å². The number of para-hydroxylation sites is 1. The third kappa shape index (κ3) is 3.10. The third-order valence-electron chi connectivity index (χ3n) is 4.75. The summed E-state index contributed by atoms with van der Waals surface area (Å²) in [6.45, 7) is 1.98. The lowest BCUT2D eigenvalue weighted by Crippen LogP contribution is -2.32. The van der Waals surface area contributed by atoms with Gasteiger partial charge < -0.3 is 5.11 Å². The summed E-state index contributed by atoms with van der Waals surface area (Å²) in [7, 11) is 0. The summed E-state index contributed by atoms with van der Waals surface area (Å²) in [5, 5.41) is 12.1. The summed E-state index contributed by atoms with van der Waals surface area (Å²) in [4.78, 5) is 20.1. The Kier molecular flexibility index (Phi) is 4.61. The van der Waals surface area contributed by atoms with Crippen LogP contribution in [0.1, 0.15) is 30.3 Å². The minimum Gasteiger partial charge on any atom is -0.395 e. The maximum Gasteiger partial charge on any atom is 0.261 e. The lowest BCUT2D eigenvalue weighted by Gasteiger charge is -2.26. The van der Waals surface area contributed by atoms with Gasteiger partial charge in [0.2, 0.25) is 0 Å². The number of nitrogens with zero attached hydrogens (tertiary/aromatic N) is 4. The minimum atomic E-state index is -0.0753. The van der Waals surface area contributed by atoms with Gasteiger partial charge in [-0.1, -0.05) is 12.1 Å². The largest absolute Gasteiger partial charge is 0.395 e. The maximum absolute atomic E-state index is 12.9. The normalized spacial score (nSPS) is 18.2. The molecule has 0 spiro atoms. The third-order valence-corrected chi connectivity index (χ3v) is 5.38. The molecule has 3 aromatic rings. The Morgan fingerprint density at radius 3 is 3.00 bits per heavy atom. The molecule has 1 fully saturated rings. The van der Waals surface area contributed by atoms with Crippen molar-refractivity contribution in [2.45, 2.75) is 32.0 Å². The first-order valence-corrected chi connectivity index (χ1v) is 9.34. The van der Waals surface area contributed by atoms with Crippen LogP contribution in [0.4, 0.5) is 0 Å². The van der Waals surface area contributed by atoms with Crippen molar-refractivity contribution in [2.24, 2.45) is 0 Å². The van der Waals surface area contributed by atoms with Crippen LogP contribution in [0, 0.1) is 0 Å². The first-order valence-electron chi connectivity index (χ1n) is 8.50. The van der Waals surface area contributed by atoms with E-state index in [0.717, 1.165) is 37.3 Å². The number of fused-ring (bicyclic) bond motifs is 1. The highest BCUT2D eigenvalue weighted by molar-refractivity contribution is 7.03. The van der Waals surface area contributed by atoms with Gasteiger partial charge in [0.1, 0.15) is 5.82 Å². The lowest BCUT2D eigenvalue weighted by molar-refractivity contribution is 0.223. The molecule has 3 heterocycles. The summed E-state index contributed by atoms with van der Waals surface area (Å²) in [6.07, 6.45) is 3.94. The monoisotopic (exact) mass is 356 g/mol. The molecule has 4 rings (SSSR count). The van der Waals surface area contributed by atoms with Crippen molar-refractivity contribution in [2.75, 3.05) is 13.2 Å². The van der Waals surface area contributed by atoms with Crippen LogP contribution in [0.5, 0.6) is 0 Å². The maximum atomic E-state index is 12.9. The summed E-state index contributed by atoms with van der Waals surface area (Å²) in [5.41, 5.74) is 1.84. The van der Waals surface area contributed by atoms with Crippen molar-refractivity contribution in [3.8, 4) is 0 Å². The fraction of sp³-hybridized carbons (Fsp3) is 0.389. The van der Waals surface area contributed by atoms with Gasteiger partial charge in [-0.25, -0.2) is 9.36 Å². The van der Waals surface area contributed by atoms with E-state index in [1.54, 1.807) is 10.6 Å². The molecule has 1 saturated heterocycles. The molecule has 2 aromatic heterocycles. The van der Waals surface area contributed by atoms with E-state index in [1.165, 1.54) is 17.1 Å². The van der Waals surface area contributed by atoms with Gasteiger partial charge in [-0.2, -0.15) is 0 Å². The number of likely N-dealkylation sites (tertiary alicyclic amines) is 1. The molecular weight excluding hydrogens is 336 g/mol. The molecule has 1 aromatic carbocycles. The summed E-state index contributed by atoms with van der Waals surface area (Å²) in [5.74, 6) is 0.762. The van der Waals surface area contributed by atoms with Gasteiger partial charge in [0.15, 0.2) is 0 Å². The van der Waals surface area contributed by atoms with E-state index >= 15 is 0 Å². The van der Waals surface area contributed by atoms with Gasteiger partial charge in [-0.05, 0) is 48.6 Å². The van der Waals surface area contributed by atoms with Crippen molar-refractivity contribution >= 4 is 22.4 Å². The summed E-state index contributed by atoms with van der Waals surface area (Å²) in [6, 6.07) is 7.51. The number of benzene rings is 1. The fourth-order valence-corrected chi connectivity index (χ4v) is 4.13. The highest BCUT2D eigenvalue weighted by Gasteiger charge is 2.30. The zero-order valence-electron chi connectivity index (χ0n) is 13.8. The van der Waals surface area contributed by atoms with E-state index < -0.39 is 0 Å². The van der Waals surface area contributed by atoms with Crippen molar-refractivity contribution in [1.82, 2.24) is 18.8 Å². The lowest BCUT2D eigenvalue weighted by atomic mass is 10.1. The average molecular weight is 356 g/mol. The fourth-order valence-electron chi connectivity index (χ4n) is 3.60. The number of hydrogen-bond acceptors (Lipinski definition) is 6. The molecular formula is C18H20N4O2S. The molecule has 0 saturated carbocycles. The SMILES string of the molecule is O=c1c2ccccc2nc(C2CCCN2Cc2cnsc2)n1CCO. The average Bonchev–Trinajstić information content (AvgIpc) is 3.30. The Bertz CT molecular complexity index is 922. The number of hydrogen-bond donors (Lipinski definition) is 1. The second-order valence-corrected chi connectivity index (χ2v) is 6.99. The van der Waals surface area contributed by atoms with E-state index in [4.69, 9.17) is 4.98 Å². The van der Waals surface area contributed by atoms with E-state index in [0.29, 0.717) is 5.39 Å². The molecule has 0 aliphatic carbocycles. The Morgan fingerprint density at radius 2 is 2.20 bits per heavy atom. The molecule has 7 heteroatoms. The molecule has 1 aliphatic heterocycles. The van der Waals surface area contributed by atoms with Gasteiger partial charge in [0, 0.05) is 18.1 Å². The highest BCUT2D eigenvalue weighted by atomic mass is 32.1. The van der Waals surface area contributed by atoms with Crippen LogP contribution in [-0.2, 0) is 13.1 Å². The molecule has 1 N–H and O–H groups in total. The topological polar surface area (TPSA) is 71.2 Å². The van der Waals surface area contributed by atoms with E-state index in [9.17, 15) is 9.90 Å². The van der Waals surface area contributed by atoms with Crippen molar-refractivity contribution in [1.29, 1.82) is 0 Å². The quantitative estimate of drug-likeness (QED) is 0.759. The van der Waals surface area contributed by atoms with Crippen LogP contribution in [0.2, 0.25) is 0 Å². The standard InChI is InChI=1S/C18H20N4O2S/c23-9-8-22-17(20-15-5-2-1-4-14(15)18(22)24)16-6-3-7-21(16)11-13-10-19-25-12-13/h1-2,4-5,10,12,16,23H,3,6-9,11H2. The molecule has 1 atom stereocenters. The Hall–Kier alpha value is -2.09. The van der Waals surface area contributed by atoms with Crippen LogP contribution in [-0.4, -0.2) is 37.1 Å². The number of rotatable bonds is 5. The Balaban J connectivity index is 1.78. The number of aliphatic hydroxyl groups is 1. The number of aromatic nitrogens is 3. The van der Waals surface area contributed by atoms with Crippen molar-refractivity contribution < 1.29 is 5.11 Å². The van der Waals surface area contributed by atoms with E-state index in [1.807, 2.05) is 24.4 Å². The van der Waals surface area contributed by atoms with Crippen molar-refractivity contribution in [3.63, 3.8) is 0 Å². The zero-order chi connectivity index (χ0) is 17.2. The molecule has 1 unspecified atom stereocenters. The number of aliphatic hydroxyl groups excluding tert-OH is 1. The molecule has 130 valence electrons. The van der Waals surface area contributed by atoms with Gasteiger partial charge in [0.05, 0.1) is 30.1 Å². The first-order chi connectivity index (χ1) is 12.3. The van der Waals surface area contributed by atoms with Crippen molar-refractivity contribution in [3.05, 3.63) is 57.6 Å². The first kappa shape index (κ1) is 16.4. The second-order valence-electron chi connectivity index (χ2n) is 6.33. The molecule has 6 nitrogen and oxygen atoms in total. The second kappa shape index (κ2) is 7.03. The summed E-state index contributed by atoms with van der Waals surface area (Å²) < 4.78 is 5.83. The minimum absolute atomic E-state index is 0.0706. The van der Waals surface area contributed by atoms with Crippen LogP contribution < -0.4 is 5.56 Å². The molecule has 0 bridgehead atoms. The van der Waals surface area contributed by atoms with Gasteiger partial charge in [0.25, 0.3) is 5.56 Å². The predicted octanol–water partition coefficient (Wildman–Crippen LogP) is 2.18. The van der Waals surface area contributed by atoms with Gasteiger partial charge in [-0.3, -0.25) is 14.3 Å². The van der Waals surface area contributed by atoms with Crippen LogP contribution >= 0.6 is 11.5 Å². The highest BCUT2D eigenvalue weighted by Crippen LogP contribution is 2.32. The molecule has 0 amide bonds. The molecule has 1 aliphatic rings. The van der Waals surface area contributed by atoms with E-state index in [2.05, 4.69) is 14.7 Å². The van der Waals surface area contributed by atoms with Crippen LogP contribution in [0.15, 0.2) is 40.6 Å². The predicted molar refractivity (Wildman–Crippen MR) is 97.6 cm³/mol. The molecule has 25 heavy (non-hydrogen) atoms. The summed E-state index contributed by atoms with van der Waals surface area (Å²) >= 11 is 1.46. The Morgan fingerprint density at radius 1 is 1.32 bits per heavy atom. The van der Waals surface area contributed by atoms with Gasteiger partial charge in [-0.15, -0.1) is 0 Å². The smallest absolute Gasteiger partial charge is 0.261 e. The van der Waals surface area contributed by atoms with Gasteiger partial charge >= 0.3 is 0 Å². The molecule has 0 radical (unpaired) electrons. The zero-order valence-corrected chi connectivity index (χ0v) is 14.7.